The van der Waals surface area contributed by atoms with Crippen LogP contribution in [0.4, 0.5) is 0 Å². The summed E-state index contributed by atoms with van der Waals surface area (Å²) in [6, 6.07) is 11.8. The quantitative estimate of drug-likeness (QED) is 0.430. The molecule has 3 rings (SSSR count). The Morgan fingerprint density at radius 1 is 1.14 bits per heavy atom. The van der Waals surface area contributed by atoms with Crippen LogP contribution in [0, 0.1) is 6.92 Å². The van der Waals surface area contributed by atoms with Gasteiger partial charge in [-0.25, -0.2) is 4.98 Å². The highest BCUT2D eigenvalue weighted by Gasteiger charge is 2.08. The Morgan fingerprint density at radius 2 is 1.93 bits per heavy atom. The summed E-state index contributed by atoms with van der Waals surface area (Å²) in [6.45, 7) is 5.68. The Bertz CT molecular complexity index is 920. The third-order valence-corrected chi connectivity index (χ3v) is 6.12. The zero-order valence-electron chi connectivity index (χ0n) is 16.8. The topological polar surface area (TPSA) is 60.5 Å². The van der Waals surface area contributed by atoms with Gasteiger partial charge in [-0.2, -0.15) is 0 Å². The van der Waals surface area contributed by atoms with E-state index in [4.69, 9.17) is 9.47 Å². The van der Waals surface area contributed by atoms with E-state index in [-0.39, 0.29) is 5.91 Å². The van der Waals surface area contributed by atoms with Crippen LogP contribution in [0.1, 0.15) is 29.7 Å². The van der Waals surface area contributed by atoms with E-state index in [0.717, 1.165) is 28.6 Å². The summed E-state index contributed by atoms with van der Waals surface area (Å²) in [7, 11) is 0. The van der Waals surface area contributed by atoms with Crippen LogP contribution in [0.5, 0.6) is 11.5 Å². The Labute approximate surface area is 179 Å². The fourth-order valence-corrected chi connectivity index (χ4v) is 4.45. The van der Waals surface area contributed by atoms with E-state index in [9.17, 15) is 4.79 Å². The van der Waals surface area contributed by atoms with Gasteiger partial charge in [-0.1, -0.05) is 12.1 Å². The van der Waals surface area contributed by atoms with Gasteiger partial charge >= 0.3 is 0 Å². The molecule has 0 saturated heterocycles. The van der Waals surface area contributed by atoms with Crippen molar-refractivity contribution in [1.82, 2.24) is 10.3 Å². The number of amides is 1. The number of nitrogens with one attached hydrogen (secondary N) is 1. The number of hydrogen-bond acceptors (Lipinski definition) is 6. The molecule has 2 aromatic heterocycles. The van der Waals surface area contributed by atoms with Crippen LogP contribution in [0.2, 0.25) is 0 Å². The van der Waals surface area contributed by atoms with Crippen molar-refractivity contribution in [3.63, 3.8) is 0 Å². The zero-order chi connectivity index (χ0) is 20.5. The van der Waals surface area contributed by atoms with Gasteiger partial charge < -0.3 is 14.8 Å². The maximum Gasteiger partial charge on any atom is 0.220 e. The number of rotatable bonds is 11. The van der Waals surface area contributed by atoms with Gasteiger partial charge in [0.2, 0.25) is 5.91 Å². The van der Waals surface area contributed by atoms with Gasteiger partial charge in [0.1, 0.15) is 0 Å². The predicted octanol–water partition coefficient (Wildman–Crippen LogP) is 5.10. The summed E-state index contributed by atoms with van der Waals surface area (Å²) in [4.78, 5) is 19.0. The minimum atomic E-state index is 0.0543. The molecule has 0 fully saturated rings. The Morgan fingerprint density at radius 3 is 2.66 bits per heavy atom. The molecule has 0 atom stereocenters. The van der Waals surface area contributed by atoms with Crippen molar-refractivity contribution in [2.75, 3.05) is 19.8 Å². The number of aromatic nitrogens is 1. The molecule has 29 heavy (non-hydrogen) atoms. The lowest BCUT2D eigenvalue weighted by atomic mass is 10.3. The number of carbonyl (C=O) groups is 1. The molecule has 1 amide bonds. The number of nitrogens with zero attached hydrogens (tertiary/aromatic N) is 1. The fraction of sp³-hybridized carbons (Fsp3) is 0.364. The molecule has 0 spiro atoms. The second-order valence-electron chi connectivity index (χ2n) is 6.45. The van der Waals surface area contributed by atoms with Crippen molar-refractivity contribution in [1.29, 1.82) is 0 Å². The standard InChI is InChI=1S/C22H26N2O3S2/c1-3-26-19-7-4-5-8-20(19)27-14-6-9-22(25)23-13-12-17-10-11-21(29-17)18-15-28-16(2)24-18/h4-5,7-8,10-11,15H,3,6,9,12-14H2,1-2H3,(H,23,25). The van der Waals surface area contributed by atoms with Crippen molar-refractivity contribution < 1.29 is 14.3 Å². The molecule has 1 aromatic carbocycles. The molecule has 0 saturated carbocycles. The summed E-state index contributed by atoms with van der Waals surface area (Å²) >= 11 is 3.40. The average Bonchev–Trinajstić information content (AvgIpc) is 3.35. The monoisotopic (exact) mass is 430 g/mol. The van der Waals surface area contributed by atoms with Crippen molar-refractivity contribution in [3.8, 4) is 22.1 Å². The van der Waals surface area contributed by atoms with Crippen LogP contribution in [0.15, 0.2) is 41.8 Å². The Kier molecular flexibility index (Phi) is 8.07. The molecule has 0 radical (unpaired) electrons. The molecule has 0 unspecified atom stereocenters. The van der Waals surface area contributed by atoms with Gasteiger partial charge in [0.15, 0.2) is 11.5 Å². The van der Waals surface area contributed by atoms with Gasteiger partial charge in [-0.3, -0.25) is 4.79 Å². The second kappa shape index (κ2) is 11.0. The molecule has 2 heterocycles. The number of benzene rings is 1. The van der Waals surface area contributed by atoms with Crippen LogP contribution in [-0.2, 0) is 11.2 Å². The van der Waals surface area contributed by atoms with Crippen LogP contribution in [0.3, 0.4) is 0 Å². The molecule has 0 aliphatic heterocycles. The Balaban J connectivity index is 1.33. The maximum absolute atomic E-state index is 12.0. The molecular formula is C22H26N2O3S2. The molecule has 5 nitrogen and oxygen atoms in total. The number of hydrogen-bond donors (Lipinski definition) is 1. The van der Waals surface area contributed by atoms with Crippen molar-refractivity contribution in [2.45, 2.75) is 33.1 Å². The van der Waals surface area contributed by atoms with E-state index in [1.807, 2.05) is 38.1 Å². The lowest BCUT2D eigenvalue weighted by molar-refractivity contribution is -0.121. The van der Waals surface area contributed by atoms with Crippen molar-refractivity contribution in [2.24, 2.45) is 0 Å². The summed E-state index contributed by atoms with van der Waals surface area (Å²) in [5.41, 5.74) is 1.04. The fourth-order valence-electron chi connectivity index (χ4n) is 2.80. The summed E-state index contributed by atoms with van der Waals surface area (Å²) in [5.74, 6) is 1.51. The second-order valence-corrected chi connectivity index (χ2v) is 8.68. The molecule has 0 aliphatic rings. The average molecular weight is 431 g/mol. The molecule has 0 aliphatic carbocycles. The lowest BCUT2D eigenvalue weighted by Crippen LogP contribution is -2.25. The highest BCUT2D eigenvalue weighted by atomic mass is 32.1. The first-order valence-electron chi connectivity index (χ1n) is 9.78. The normalized spacial score (nSPS) is 10.7. The first kappa shape index (κ1) is 21.3. The summed E-state index contributed by atoms with van der Waals surface area (Å²) in [6.07, 6.45) is 1.95. The summed E-state index contributed by atoms with van der Waals surface area (Å²) in [5, 5.41) is 6.15. The minimum Gasteiger partial charge on any atom is -0.490 e. The van der Waals surface area contributed by atoms with Gasteiger partial charge in [0.25, 0.3) is 0 Å². The number of thiophene rings is 1. The van der Waals surface area contributed by atoms with Gasteiger partial charge in [0.05, 0.1) is 28.8 Å². The van der Waals surface area contributed by atoms with Gasteiger partial charge in [0, 0.05) is 23.2 Å². The van der Waals surface area contributed by atoms with Gasteiger partial charge in [-0.05, 0) is 51.0 Å². The number of carbonyl (C=O) groups excluding carboxylic acids is 1. The van der Waals surface area contributed by atoms with E-state index in [2.05, 4.69) is 27.8 Å². The van der Waals surface area contributed by atoms with Crippen LogP contribution < -0.4 is 14.8 Å². The molecule has 154 valence electrons. The first-order chi connectivity index (χ1) is 14.2. The molecule has 0 bridgehead atoms. The van der Waals surface area contributed by atoms with Crippen LogP contribution >= 0.6 is 22.7 Å². The molecule has 1 N–H and O–H groups in total. The molecule has 7 heteroatoms. The van der Waals surface area contributed by atoms with Gasteiger partial charge in [-0.15, -0.1) is 22.7 Å². The highest BCUT2D eigenvalue weighted by molar-refractivity contribution is 7.16. The largest absolute Gasteiger partial charge is 0.490 e. The number of para-hydroxylation sites is 2. The van der Waals surface area contributed by atoms with E-state index in [1.165, 1.54) is 9.75 Å². The zero-order valence-corrected chi connectivity index (χ0v) is 18.4. The van der Waals surface area contributed by atoms with E-state index in [1.54, 1.807) is 22.7 Å². The third kappa shape index (κ3) is 6.58. The van der Waals surface area contributed by atoms with E-state index < -0.39 is 0 Å². The van der Waals surface area contributed by atoms with E-state index in [0.29, 0.717) is 32.6 Å². The summed E-state index contributed by atoms with van der Waals surface area (Å²) < 4.78 is 11.3. The smallest absolute Gasteiger partial charge is 0.220 e. The maximum atomic E-state index is 12.0. The van der Waals surface area contributed by atoms with Crippen molar-refractivity contribution >= 4 is 28.6 Å². The lowest BCUT2D eigenvalue weighted by Gasteiger charge is -2.11. The predicted molar refractivity (Wildman–Crippen MR) is 119 cm³/mol. The Hall–Kier alpha value is -2.38. The molecular weight excluding hydrogens is 404 g/mol. The minimum absolute atomic E-state index is 0.0543. The molecule has 3 aromatic rings. The first-order valence-corrected chi connectivity index (χ1v) is 11.5. The van der Waals surface area contributed by atoms with Crippen LogP contribution in [0.25, 0.3) is 10.6 Å². The SMILES string of the molecule is CCOc1ccccc1OCCCC(=O)NCCc1ccc(-c2csc(C)n2)s1. The van der Waals surface area contributed by atoms with Crippen LogP contribution in [-0.4, -0.2) is 30.6 Å². The number of ether oxygens (including phenoxy) is 2. The highest BCUT2D eigenvalue weighted by Crippen LogP contribution is 2.29. The van der Waals surface area contributed by atoms with Crippen molar-refractivity contribution in [3.05, 3.63) is 51.7 Å². The number of aryl methyl sites for hydroxylation is 1. The third-order valence-electron chi connectivity index (χ3n) is 4.18. The van der Waals surface area contributed by atoms with E-state index >= 15 is 0 Å². The number of thiazole rings is 1.